The first-order chi connectivity index (χ1) is 11.1. The minimum absolute atomic E-state index is 0.0760. The molecule has 1 saturated heterocycles. The second-order valence-electron chi connectivity index (χ2n) is 5.88. The molecule has 1 amide bonds. The fraction of sp³-hybridized carbons (Fsp3) is 0.412. The lowest BCUT2D eigenvalue weighted by Gasteiger charge is -2.31. The number of imidazole rings is 1. The number of rotatable bonds is 4. The van der Waals surface area contributed by atoms with E-state index in [1.165, 1.54) is 12.1 Å². The number of H-pyrrole nitrogens is 1. The summed E-state index contributed by atoms with van der Waals surface area (Å²) in [6, 6.07) is 5.82. The van der Waals surface area contributed by atoms with Crippen LogP contribution in [-0.4, -0.2) is 40.5 Å². The number of piperidine rings is 1. The molecule has 6 heteroatoms. The highest BCUT2D eigenvalue weighted by molar-refractivity contribution is 5.78. The van der Waals surface area contributed by atoms with Gasteiger partial charge in [0, 0.05) is 37.0 Å². The number of benzene rings is 1. The summed E-state index contributed by atoms with van der Waals surface area (Å²) < 4.78 is 18.5. The van der Waals surface area contributed by atoms with Gasteiger partial charge in [0.05, 0.1) is 0 Å². The summed E-state index contributed by atoms with van der Waals surface area (Å²) in [6.07, 6.45) is 3.76. The maximum atomic E-state index is 13.1. The van der Waals surface area contributed by atoms with Crippen molar-refractivity contribution in [2.75, 3.05) is 19.7 Å². The van der Waals surface area contributed by atoms with Crippen LogP contribution in [0.3, 0.4) is 0 Å². The number of aryl methyl sites for hydroxylation is 1. The van der Waals surface area contributed by atoms with Gasteiger partial charge < -0.3 is 14.6 Å². The Hall–Kier alpha value is -2.37. The maximum Gasteiger partial charge on any atom is 0.260 e. The van der Waals surface area contributed by atoms with Crippen molar-refractivity contribution in [3.05, 3.63) is 47.8 Å². The van der Waals surface area contributed by atoms with Gasteiger partial charge in [-0.1, -0.05) is 6.07 Å². The number of amides is 1. The third-order valence-corrected chi connectivity index (χ3v) is 4.04. The average molecular weight is 317 g/mol. The Bertz CT molecular complexity index is 686. The standard InChI is InChI=1S/C17H20FN3O2/c1-12-9-19-17(20-12)13-4-3-7-21(10-13)16(22)11-23-15-6-2-5-14(18)8-15/h2,5-6,8-9,13H,3-4,7,10-11H2,1H3,(H,19,20)/t13-/m0/s1. The van der Waals surface area contributed by atoms with Crippen molar-refractivity contribution in [2.45, 2.75) is 25.7 Å². The van der Waals surface area contributed by atoms with E-state index in [9.17, 15) is 9.18 Å². The molecule has 1 aromatic carbocycles. The van der Waals surface area contributed by atoms with Crippen molar-refractivity contribution in [3.63, 3.8) is 0 Å². The molecule has 1 aliphatic heterocycles. The van der Waals surface area contributed by atoms with Crippen LogP contribution >= 0.6 is 0 Å². The molecule has 1 fully saturated rings. The molecule has 23 heavy (non-hydrogen) atoms. The molecule has 0 bridgehead atoms. The minimum atomic E-state index is -0.374. The number of nitrogens with zero attached hydrogens (tertiary/aromatic N) is 2. The fourth-order valence-electron chi connectivity index (χ4n) is 2.86. The predicted octanol–water partition coefficient (Wildman–Crippen LogP) is 2.64. The molecule has 2 heterocycles. The normalized spacial score (nSPS) is 18.0. The van der Waals surface area contributed by atoms with Crippen LogP contribution in [0.4, 0.5) is 4.39 Å². The van der Waals surface area contributed by atoms with E-state index in [4.69, 9.17) is 4.74 Å². The van der Waals surface area contributed by atoms with Crippen molar-refractivity contribution < 1.29 is 13.9 Å². The predicted molar refractivity (Wildman–Crippen MR) is 83.8 cm³/mol. The van der Waals surface area contributed by atoms with Gasteiger partial charge in [-0.05, 0) is 31.9 Å². The third-order valence-electron chi connectivity index (χ3n) is 4.04. The number of hydrogen-bond acceptors (Lipinski definition) is 3. The van der Waals surface area contributed by atoms with Crippen LogP contribution in [0.15, 0.2) is 30.5 Å². The van der Waals surface area contributed by atoms with Gasteiger partial charge in [0.2, 0.25) is 0 Å². The molecule has 1 atom stereocenters. The van der Waals surface area contributed by atoms with E-state index in [0.29, 0.717) is 12.3 Å². The highest BCUT2D eigenvalue weighted by Crippen LogP contribution is 2.25. The van der Waals surface area contributed by atoms with Crippen molar-refractivity contribution in [3.8, 4) is 5.75 Å². The maximum absolute atomic E-state index is 13.1. The summed E-state index contributed by atoms with van der Waals surface area (Å²) in [4.78, 5) is 21.7. The Balaban J connectivity index is 1.56. The minimum Gasteiger partial charge on any atom is -0.484 e. The highest BCUT2D eigenvalue weighted by atomic mass is 19.1. The van der Waals surface area contributed by atoms with E-state index in [0.717, 1.165) is 30.9 Å². The van der Waals surface area contributed by atoms with Gasteiger partial charge in [0.15, 0.2) is 6.61 Å². The van der Waals surface area contributed by atoms with E-state index in [1.54, 1.807) is 17.0 Å². The number of hydrogen-bond donors (Lipinski definition) is 1. The SMILES string of the molecule is Cc1cnc([C@H]2CCCN(C(=O)COc3cccc(F)c3)C2)[nH]1. The van der Waals surface area contributed by atoms with Gasteiger partial charge in [-0.2, -0.15) is 0 Å². The molecule has 1 N–H and O–H groups in total. The molecule has 3 rings (SSSR count). The van der Waals surface area contributed by atoms with Gasteiger partial charge in [0.1, 0.15) is 17.4 Å². The number of aromatic amines is 1. The smallest absolute Gasteiger partial charge is 0.260 e. The van der Waals surface area contributed by atoms with Gasteiger partial charge >= 0.3 is 0 Å². The zero-order valence-electron chi connectivity index (χ0n) is 13.1. The van der Waals surface area contributed by atoms with Crippen molar-refractivity contribution in [2.24, 2.45) is 0 Å². The van der Waals surface area contributed by atoms with Crippen LogP contribution < -0.4 is 4.74 Å². The van der Waals surface area contributed by atoms with E-state index in [-0.39, 0.29) is 24.2 Å². The van der Waals surface area contributed by atoms with Gasteiger partial charge in [0.25, 0.3) is 5.91 Å². The number of aromatic nitrogens is 2. The van der Waals surface area contributed by atoms with Gasteiger partial charge in [-0.25, -0.2) is 9.37 Å². The molecule has 0 saturated carbocycles. The molecule has 0 unspecified atom stereocenters. The van der Waals surface area contributed by atoms with Crippen LogP contribution in [-0.2, 0) is 4.79 Å². The molecule has 5 nitrogen and oxygen atoms in total. The Kier molecular flexibility index (Phi) is 4.60. The molecule has 1 aromatic heterocycles. The number of carbonyl (C=O) groups is 1. The topological polar surface area (TPSA) is 58.2 Å². The van der Waals surface area contributed by atoms with Crippen LogP contribution in [0.5, 0.6) is 5.75 Å². The van der Waals surface area contributed by atoms with Crippen molar-refractivity contribution >= 4 is 5.91 Å². The lowest BCUT2D eigenvalue weighted by molar-refractivity contribution is -0.134. The summed E-state index contributed by atoms with van der Waals surface area (Å²) >= 11 is 0. The molecule has 0 spiro atoms. The Labute approximate surface area is 134 Å². The highest BCUT2D eigenvalue weighted by Gasteiger charge is 2.26. The molecular weight excluding hydrogens is 297 g/mol. The van der Waals surface area contributed by atoms with Crippen LogP contribution in [0.1, 0.15) is 30.3 Å². The van der Waals surface area contributed by atoms with Crippen LogP contribution in [0.2, 0.25) is 0 Å². The van der Waals surface area contributed by atoms with Crippen LogP contribution in [0.25, 0.3) is 0 Å². The largest absolute Gasteiger partial charge is 0.484 e. The Morgan fingerprint density at radius 2 is 2.39 bits per heavy atom. The second-order valence-corrected chi connectivity index (χ2v) is 5.88. The molecule has 0 aliphatic carbocycles. The summed E-state index contributed by atoms with van der Waals surface area (Å²) in [7, 11) is 0. The lowest BCUT2D eigenvalue weighted by atomic mass is 9.97. The first kappa shape index (κ1) is 15.5. The molecule has 122 valence electrons. The van der Waals surface area contributed by atoms with Crippen LogP contribution in [0, 0.1) is 12.7 Å². The zero-order valence-corrected chi connectivity index (χ0v) is 13.1. The van der Waals surface area contributed by atoms with Gasteiger partial charge in [-0.3, -0.25) is 4.79 Å². The number of ether oxygens (including phenoxy) is 1. The fourth-order valence-corrected chi connectivity index (χ4v) is 2.86. The van der Waals surface area contributed by atoms with Crippen molar-refractivity contribution in [1.29, 1.82) is 0 Å². The summed E-state index contributed by atoms with van der Waals surface area (Å²) in [5, 5.41) is 0. The Morgan fingerprint density at radius 1 is 1.52 bits per heavy atom. The Morgan fingerprint density at radius 3 is 3.13 bits per heavy atom. The van der Waals surface area contributed by atoms with Crippen molar-refractivity contribution in [1.82, 2.24) is 14.9 Å². The first-order valence-corrected chi connectivity index (χ1v) is 7.79. The van der Waals surface area contributed by atoms with E-state index in [1.807, 2.05) is 13.1 Å². The van der Waals surface area contributed by atoms with E-state index >= 15 is 0 Å². The monoisotopic (exact) mass is 317 g/mol. The molecule has 0 radical (unpaired) electrons. The summed E-state index contributed by atoms with van der Waals surface area (Å²) in [6.45, 7) is 3.25. The quantitative estimate of drug-likeness (QED) is 0.943. The number of halogens is 1. The zero-order chi connectivity index (χ0) is 16.2. The third kappa shape index (κ3) is 3.88. The van der Waals surface area contributed by atoms with Gasteiger partial charge in [-0.15, -0.1) is 0 Å². The number of nitrogens with one attached hydrogen (secondary N) is 1. The molecule has 1 aliphatic rings. The lowest BCUT2D eigenvalue weighted by Crippen LogP contribution is -2.41. The van der Waals surface area contributed by atoms with E-state index < -0.39 is 0 Å². The molecular formula is C17H20FN3O2. The number of likely N-dealkylation sites (tertiary alicyclic amines) is 1. The van der Waals surface area contributed by atoms with E-state index in [2.05, 4.69) is 9.97 Å². The molecule has 2 aromatic rings. The first-order valence-electron chi connectivity index (χ1n) is 7.79. The average Bonchev–Trinajstić information content (AvgIpc) is 2.99. The summed E-state index contributed by atoms with van der Waals surface area (Å²) in [5.74, 6) is 1.08. The summed E-state index contributed by atoms with van der Waals surface area (Å²) in [5.41, 5.74) is 1.03. The second kappa shape index (κ2) is 6.81. The number of carbonyl (C=O) groups excluding carboxylic acids is 1.